The molecule has 0 atom stereocenters. The Hall–Kier alpha value is -4.31. The van der Waals surface area contributed by atoms with Gasteiger partial charge < -0.3 is 26.3 Å². The third-order valence-corrected chi connectivity index (χ3v) is 6.10. The van der Waals surface area contributed by atoms with Gasteiger partial charge in [-0.3, -0.25) is 14.4 Å². The van der Waals surface area contributed by atoms with Gasteiger partial charge in [-0.15, -0.1) is 0 Å². The van der Waals surface area contributed by atoms with Crippen molar-refractivity contribution in [2.75, 3.05) is 19.4 Å². The smallest absolute Gasteiger partial charge is 0.254 e. The Morgan fingerprint density at radius 3 is 2.44 bits per heavy atom. The second-order valence-electron chi connectivity index (χ2n) is 10.2. The molecule has 0 unspecified atom stereocenters. The first-order chi connectivity index (χ1) is 18.4. The largest absolute Gasteiger partial charge is 0.395 e. The zero-order chi connectivity index (χ0) is 28.7. The molecular formula is C29H35FN6O3. The van der Waals surface area contributed by atoms with Gasteiger partial charge in [0.25, 0.3) is 11.8 Å². The summed E-state index contributed by atoms with van der Waals surface area (Å²) in [6.45, 7) is 3.29. The summed E-state index contributed by atoms with van der Waals surface area (Å²) in [5.74, 6) is -1.68. The highest BCUT2D eigenvalue weighted by Crippen LogP contribution is 2.19. The van der Waals surface area contributed by atoms with E-state index < -0.39 is 23.0 Å². The fraction of sp³-hybridized carbons (Fsp3) is 0.310. The van der Waals surface area contributed by atoms with Crippen LogP contribution in [0.4, 0.5) is 10.2 Å². The number of ketones is 1. The SMILES string of the molecule is CN(C)C(=O)c1cc(F)ccc1Cn1cnc(NC(=O)C(CCCc2ccccc2)=C(N)C(=O)C(C)(C)N)c1. The molecule has 5 N–H and O–H groups in total. The highest BCUT2D eigenvalue weighted by Gasteiger charge is 2.28. The number of halogens is 1. The monoisotopic (exact) mass is 534 g/mol. The van der Waals surface area contributed by atoms with Crippen LogP contribution in [-0.4, -0.2) is 51.7 Å². The van der Waals surface area contributed by atoms with Crippen molar-refractivity contribution in [3.05, 3.63) is 94.8 Å². The average Bonchev–Trinajstić information content (AvgIpc) is 3.32. The number of nitrogens with two attached hydrogens (primary N) is 2. The number of carbonyl (C=O) groups is 3. The van der Waals surface area contributed by atoms with E-state index in [0.717, 1.165) is 5.56 Å². The molecule has 0 saturated heterocycles. The predicted molar refractivity (Wildman–Crippen MR) is 148 cm³/mol. The molecule has 0 spiro atoms. The molecule has 206 valence electrons. The number of nitrogens with zero attached hydrogens (tertiary/aromatic N) is 3. The van der Waals surface area contributed by atoms with E-state index >= 15 is 0 Å². The van der Waals surface area contributed by atoms with Crippen LogP contribution in [0.2, 0.25) is 0 Å². The number of imidazole rings is 1. The van der Waals surface area contributed by atoms with Crippen LogP contribution in [-0.2, 0) is 22.6 Å². The number of carbonyl (C=O) groups excluding carboxylic acids is 3. The second kappa shape index (κ2) is 12.5. The minimum Gasteiger partial charge on any atom is -0.395 e. The van der Waals surface area contributed by atoms with Crippen molar-refractivity contribution in [2.24, 2.45) is 11.5 Å². The van der Waals surface area contributed by atoms with E-state index in [2.05, 4.69) is 10.3 Å². The van der Waals surface area contributed by atoms with Crippen molar-refractivity contribution in [1.29, 1.82) is 0 Å². The third kappa shape index (κ3) is 7.84. The average molecular weight is 535 g/mol. The number of hydrogen-bond donors (Lipinski definition) is 3. The molecule has 2 aromatic carbocycles. The van der Waals surface area contributed by atoms with Gasteiger partial charge in [-0.05, 0) is 56.4 Å². The molecule has 9 nitrogen and oxygen atoms in total. The number of anilines is 1. The van der Waals surface area contributed by atoms with Crippen LogP contribution in [0.15, 0.2) is 72.3 Å². The van der Waals surface area contributed by atoms with Crippen LogP contribution in [0, 0.1) is 5.82 Å². The van der Waals surface area contributed by atoms with Crippen molar-refractivity contribution < 1.29 is 18.8 Å². The maximum absolute atomic E-state index is 13.8. The van der Waals surface area contributed by atoms with E-state index in [4.69, 9.17) is 11.5 Å². The number of aromatic nitrogens is 2. The Morgan fingerprint density at radius 1 is 1.10 bits per heavy atom. The summed E-state index contributed by atoms with van der Waals surface area (Å²) in [4.78, 5) is 44.2. The lowest BCUT2D eigenvalue weighted by molar-refractivity contribution is -0.120. The highest BCUT2D eigenvalue weighted by molar-refractivity contribution is 6.12. The fourth-order valence-electron chi connectivity index (χ4n) is 3.99. The van der Waals surface area contributed by atoms with Gasteiger partial charge in [-0.25, -0.2) is 9.37 Å². The second-order valence-corrected chi connectivity index (χ2v) is 10.2. The number of nitrogens with one attached hydrogen (secondary N) is 1. The molecule has 0 aliphatic rings. The third-order valence-electron chi connectivity index (χ3n) is 6.10. The molecule has 0 fully saturated rings. The first kappa shape index (κ1) is 29.2. The van der Waals surface area contributed by atoms with Gasteiger partial charge in [0.15, 0.2) is 11.6 Å². The standard InChI is InChI=1S/C29H35FN6O3/c1-29(2,32)26(37)25(31)22(12-8-11-19-9-6-5-7-10-19)27(38)34-24-17-36(18-33-24)16-20-13-14-21(30)15-23(20)28(39)35(3)4/h5-7,9-10,13-15,17-18H,8,11-12,16,31-32H2,1-4H3,(H,34,38). The van der Waals surface area contributed by atoms with Crippen LogP contribution in [0.5, 0.6) is 0 Å². The van der Waals surface area contributed by atoms with Crippen LogP contribution < -0.4 is 16.8 Å². The van der Waals surface area contributed by atoms with Gasteiger partial charge >= 0.3 is 0 Å². The summed E-state index contributed by atoms with van der Waals surface area (Å²) >= 11 is 0. The molecule has 39 heavy (non-hydrogen) atoms. The minimum absolute atomic E-state index is 0.140. The molecule has 0 bridgehead atoms. The Morgan fingerprint density at radius 2 is 1.79 bits per heavy atom. The highest BCUT2D eigenvalue weighted by atomic mass is 19.1. The van der Waals surface area contributed by atoms with E-state index in [1.54, 1.807) is 30.9 Å². The Kier molecular flexibility index (Phi) is 9.37. The van der Waals surface area contributed by atoms with Crippen molar-refractivity contribution >= 4 is 23.4 Å². The van der Waals surface area contributed by atoms with E-state index in [1.807, 2.05) is 30.3 Å². The van der Waals surface area contributed by atoms with Crippen LogP contribution in [0.1, 0.15) is 48.2 Å². The molecular weight excluding hydrogens is 499 g/mol. The quantitative estimate of drug-likeness (QED) is 0.323. The molecule has 1 heterocycles. The first-order valence-corrected chi connectivity index (χ1v) is 12.6. The Bertz CT molecular complexity index is 1370. The van der Waals surface area contributed by atoms with E-state index in [9.17, 15) is 18.8 Å². The summed E-state index contributed by atoms with van der Waals surface area (Å²) in [6.07, 6.45) is 4.62. The minimum atomic E-state index is -1.24. The molecule has 0 aliphatic carbocycles. The number of Topliss-reactive ketones (excluding diaryl/α,β-unsaturated/α-hetero) is 1. The molecule has 0 radical (unpaired) electrons. The maximum Gasteiger partial charge on any atom is 0.254 e. The number of amides is 2. The van der Waals surface area contributed by atoms with Crippen molar-refractivity contribution in [1.82, 2.24) is 14.5 Å². The van der Waals surface area contributed by atoms with Crippen molar-refractivity contribution in [3.63, 3.8) is 0 Å². The van der Waals surface area contributed by atoms with Crippen LogP contribution in [0.25, 0.3) is 0 Å². The van der Waals surface area contributed by atoms with Gasteiger partial charge in [0, 0.05) is 38.0 Å². The molecule has 2 amide bonds. The zero-order valence-electron chi connectivity index (χ0n) is 22.7. The van der Waals surface area contributed by atoms with Gasteiger partial charge in [0.05, 0.1) is 17.6 Å². The molecule has 0 saturated carbocycles. The van der Waals surface area contributed by atoms with Gasteiger partial charge in [0.1, 0.15) is 5.82 Å². The van der Waals surface area contributed by atoms with Gasteiger partial charge in [-0.1, -0.05) is 36.4 Å². The molecule has 10 heteroatoms. The zero-order valence-corrected chi connectivity index (χ0v) is 22.7. The lowest BCUT2D eigenvalue weighted by Gasteiger charge is -2.19. The molecule has 1 aromatic heterocycles. The van der Waals surface area contributed by atoms with Gasteiger partial charge in [0.2, 0.25) is 0 Å². The van der Waals surface area contributed by atoms with E-state index in [0.29, 0.717) is 18.4 Å². The number of aryl methyl sites for hydroxylation is 1. The topological polar surface area (TPSA) is 136 Å². The summed E-state index contributed by atoms with van der Waals surface area (Å²) in [6, 6.07) is 13.8. The summed E-state index contributed by atoms with van der Waals surface area (Å²) in [7, 11) is 3.18. The summed E-state index contributed by atoms with van der Waals surface area (Å²) in [5, 5.41) is 2.71. The molecule has 3 aromatic rings. The molecule has 0 aliphatic heterocycles. The number of hydrogen-bond acceptors (Lipinski definition) is 6. The van der Waals surface area contributed by atoms with Gasteiger partial charge in [-0.2, -0.15) is 0 Å². The van der Waals surface area contributed by atoms with Crippen molar-refractivity contribution in [3.8, 4) is 0 Å². The lowest BCUT2D eigenvalue weighted by Crippen LogP contribution is -2.45. The van der Waals surface area contributed by atoms with Crippen LogP contribution in [0.3, 0.4) is 0 Å². The summed E-state index contributed by atoms with van der Waals surface area (Å²) < 4.78 is 15.5. The number of rotatable bonds is 11. The number of benzene rings is 2. The molecule has 3 rings (SSSR count). The Labute approximate surface area is 227 Å². The van der Waals surface area contributed by atoms with E-state index in [-0.39, 0.29) is 41.5 Å². The van der Waals surface area contributed by atoms with Crippen molar-refractivity contribution in [2.45, 2.75) is 45.2 Å². The Balaban J connectivity index is 1.79. The first-order valence-electron chi connectivity index (χ1n) is 12.6. The summed E-state index contributed by atoms with van der Waals surface area (Å²) in [5.41, 5.74) is 12.8. The predicted octanol–water partition coefficient (Wildman–Crippen LogP) is 3.25. The lowest BCUT2D eigenvalue weighted by atomic mass is 9.93. The normalized spacial score (nSPS) is 12.1. The maximum atomic E-state index is 13.8. The fourth-order valence-corrected chi connectivity index (χ4v) is 3.99. The van der Waals surface area contributed by atoms with E-state index in [1.165, 1.54) is 37.2 Å². The van der Waals surface area contributed by atoms with Crippen LogP contribution >= 0.6 is 0 Å².